The van der Waals surface area contributed by atoms with Crippen molar-refractivity contribution in [2.45, 2.75) is 0 Å². The summed E-state index contributed by atoms with van der Waals surface area (Å²) < 4.78 is 5.32. The number of aromatic nitrogens is 2. The van der Waals surface area contributed by atoms with Gasteiger partial charge >= 0.3 is 0 Å². The van der Waals surface area contributed by atoms with Crippen LogP contribution in [0.25, 0.3) is 0 Å². The SMILES string of the molecule is COc1ccccc1Nc1cc(Nc2cccc(C#N)c2)ncn1. The summed E-state index contributed by atoms with van der Waals surface area (Å²) in [6.45, 7) is 0. The normalized spacial score (nSPS) is 9.83. The molecule has 6 nitrogen and oxygen atoms in total. The van der Waals surface area contributed by atoms with Gasteiger partial charge in [0.15, 0.2) is 0 Å². The molecule has 118 valence electrons. The number of hydrogen-bond acceptors (Lipinski definition) is 6. The lowest BCUT2D eigenvalue weighted by Gasteiger charge is -2.11. The third-order valence-corrected chi connectivity index (χ3v) is 3.30. The van der Waals surface area contributed by atoms with Crippen LogP contribution in [0.15, 0.2) is 60.9 Å². The number of rotatable bonds is 5. The first kappa shape index (κ1) is 15.3. The van der Waals surface area contributed by atoms with Crippen molar-refractivity contribution in [2.24, 2.45) is 0 Å². The molecule has 3 aromatic rings. The number of benzene rings is 2. The molecule has 2 N–H and O–H groups in total. The van der Waals surface area contributed by atoms with E-state index in [1.54, 1.807) is 25.3 Å². The fourth-order valence-electron chi connectivity index (χ4n) is 2.19. The quantitative estimate of drug-likeness (QED) is 0.744. The van der Waals surface area contributed by atoms with E-state index in [4.69, 9.17) is 10.00 Å². The fourth-order valence-corrected chi connectivity index (χ4v) is 2.19. The lowest BCUT2D eigenvalue weighted by Crippen LogP contribution is -1.99. The molecule has 24 heavy (non-hydrogen) atoms. The van der Waals surface area contributed by atoms with Crippen molar-refractivity contribution < 1.29 is 4.74 Å². The van der Waals surface area contributed by atoms with Crippen LogP contribution < -0.4 is 15.4 Å². The number of nitriles is 1. The van der Waals surface area contributed by atoms with Crippen molar-refractivity contribution in [3.8, 4) is 11.8 Å². The molecule has 3 rings (SSSR count). The lowest BCUT2D eigenvalue weighted by atomic mass is 10.2. The first-order valence-electron chi connectivity index (χ1n) is 7.28. The minimum Gasteiger partial charge on any atom is -0.495 e. The molecule has 0 atom stereocenters. The van der Waals surface area contributed by atoms with Crippen LogP contribution in [0.1, 0.15) is 5.56 Å². The topological polar surface area (TPSA) is 82.9 Å². The van der Waals surface area contributed by atoms with Gasteiger partial charge < -0.3 is 15.4 Å². The molecular formula is C18H15N5O. The van der Waals surface area contributed by atoms with E-state index in [2.05, 4.69) is 26.7 Å². The summed E-state index contributed by atoms with van der Waals surface area (Å²) in [6.07, 6.45) is 1.47. The van der Waals surface area contributed by atoms with Gasteiger partial charge in [0.1, 0.15) is 23.7 Å². The van der Waals surface area contributed by atoms with Gasteiger partial charge in [-0.1, -0.05) is 18.2 Å². The lowest BCUT2D eigenvalue weighted by molar-refractivity contribution is 0.417. The second kappa shape index (κ2) is 7.11. The van der Waals surface area contributed by atoms with Gasteiger partial charge in [-0.3, -0.25) is 0 Å². The van der Waals surface area contributed by atoms with Crippen LogP contribution in [0.5, 0.6) is 5.75 Å². The van der Waals surface area contributed by atoms with Crippen LogP contribution >= 0.6 is 0 Å². The molecular weight excluding hydrogens is 302 g/mol. The van der Waals surface area contributed by atoms with Crippen LogP contribution in [0, 0.1) is 11.3 Å². The maximum Gasteiger partial charge on any atom is 0.142 e. The van der Waals surface area contributed by atoms with Crippen molar-refractivity contribution >= 4 is 23.0 Å². The largest absolute Gasteiger partial charge is 0.495 e. The van der Waals surface area contributed by atoms with Gasteiger partial charge in [0.25, 0.3) is 0 Å². The molecule has 0 radical (unpaired) electrons. The predicted octanol–water partition coefficient (Wildman–Crippen LogP) is 3.84. The number of nitrogens with one attached hydrogen (secondary N) is 2. The number of para-hydroxylation sites is 2. The van der Waals surface area contributed by atoms with E-state index in [0.717, 1.165) is 17.1 Å². The Hall–Kier alpha value is -3.59. The molecule has 2 aromatic carbocycles. The van der Waals surface area contributed by atoms with E-state index in [9.17, 15) is 0 Å². The molecule has 0 spiro atoms. The molecule has 0 saturated carbocycles. The Morgan fingerprint density at radius 3 is 2.54 bits per heavy atom. The summed E-state index contributed by atoms with van der Waals surface area (Å²) in [5.74, 6) is 1.98. The molecule has 0 aliphatic carbocycles. The van der Waals surface area contributed by atoms with Crippen molar-refractivity contribution in [2.75, 3.05) is 17.7 Å². The van der Waals surface area contributed by atoms with Crippen molar-refractivity contribution in [1.82, 2.24) is 9.97 Å². The van der Waals surface area contributed by atoms with E-state index in [1.165, 1.54) is 6.33 Å². The molecule has 0 saturated heterocycles. The molecule has 0 bridgehead atoms. The van der Waals surface area contributed by atoms with Gasteiger partial charge in [-0.25, -0.2) is 9.97 Å². The van der Waals surface area contributed by atoms with Crippen molar-refractivity contribution in [3.05, 3.63) is 66.5 Å². The fraction of sp³-hybridized carbons (Fsp3) is 0.0556. The van der Waals surface area contributed by atoms with Gasteiger partial charge in [0.05, 0.1) is 24.4 Å². The summed E-state index contributed by atoms with van der Waals surface area (Å²) in [7, 11) is 1.62. The predicted molar refractivity (Wildman–Crippen MR) is 92.7 cm³/mol. The zero-order valence-electron chi connectivity index (χ0n) is 13.0. The molecule has 1 aromatic heterocycles. The van der Waals surface area contributed by atoms with Crippen LogP contribution in [0.3, 0.4) is 0 Å². The zero-order valence-corrected chi connectivity index (χ0v) is 13.0. The maximum atomic E-state index is 8.96. The van der Waals surface area contributed by atoms with Gasteiger partial charge in [0.2, 0.25) is 0 Å². The smallest absolute Gasteiger partial charge is 0.142 e. The highest BCUT2D eigenvalue weighted by molar-refractivity contribution is 5.67. The average Bonchev–Trinajstić information content (AvgIpc) is 2.62. The number of nitrogens with zero attached hydrogens (tertiary/aromatic N) is 3. The molecule has 0 unspecified atom stereocenters. The van der Waals surface area contributed by atoms with Crippen LogP contribution in [-0.2, 0) is 0 Å². The van der Waals surface area contributed by atoms with Crippen LogP contribution in [-0.4, -0.2) is 17.1 Å². The average molecular weight is 317 g/mol. The Morgan fingerprint density at radius 2 is 1.75 bits per heavy atom. The van der Waals surface area contributed by atoms with E-state index in [0.29, 0.717) is 17.2 Å². The summed E-state index contributed by atoms with van der Waals surface area (Å²) in [5, 5.41) is 15.3. The van der Waals surface area contributed by atoms with Crippen LogP contribution in [0.2, 0.25) is 0 Å². The third-order valence-electron chi connectivity index (χ3n) is 3.30. The molecule has 0 aliphatic rings. The minimum atomic E-state index is 0.585. The van der Waals surface area contributed by atoms with Gasteiger partial charge in [0, 0.05) is 11.8 Å². The Morgan fingerprint density at radius 1 is 0.958 bits per heavy atom. The highest BCUT2D eigenvalue weighted by Gasteiger charge is 2.05. The summed E-state index contributed by atoms with van der Waals surface area (Å²) in [6, 6.07) is 18.7. The van der Waals surface area contributed by atoms with Crippen LogP contribution in [0.4, 0.5) is 23.0 Å². The highest BCUT2D eigenvalue weighted by atomic mass is 16.5. The molecule has 0 amide bonds. The molecule has 0 fully saturated rings. The zero-order chi connectivity index (χ0) is 16.8. The Balaban J connectivity index is 1.80. The second-order valence-electron chi connectivity index (χ2n) is 4.93. The van der Waals surface area contributed by atoms with Gasteiger partial charge in [-0.15, -0.1) is 0 Å². The van der Waals surface area contributed by atoms with E-state index >= 15 is 0 Å². The van der Waals surface area contributed by atoms with Crippen molar-refractivity contribution in [3.63, 3.8) is 0 Å². The van der Waals surface area contributed by atoms with E-state index in [1.807, 2.05) is 36.4 Å². The minimum absolute atomic E-state index is 0.585. The number of anilines is 4. The number of ether oxygens (including phenoxy) is 1. The standard InChI is InChI=1S/C18H15N5O/c1-24-16-8-3-2-7-15(16)23-18-10-17(20-12-21-18)22-14-6-4-5-13(9-14)11-19/h2-10,12H,1H3,(H2,20,21,22,23). The van der Waals surface area contributed by atoms with E-state index in [-0.39, 0.29) is 0 Å². The Labute approximate surface area is 139 Å². The second-order valence-corrected chi connectivity index (χ2v) is 4.93. The summed E-state index contributed by atoms with van der Waals surface area (Å²) >= 11 is 0. The number of methoxy groups -OCH3 is 1. The Kier molecular flexibility index (Phi) is 4.54. The monoisotopic (exact) mass is 317 g/mol. The Bertz CT molecular complexity index is 888. The highest BCUT2D eigenvalue weighted by Crippen LogP contribution is 2.27. The molecule has 1 heterocycles. The van der Waals surface area contributed by atoms with E-state index < -0.39 is 0 Å². The summed E-state index contributed by atoms with van der Waals surface area (Å²) in [4.78, 5) is 8.41. The molecule has 0 aliphatic heterocycles. The number of hydrogen-bond donors (Lipinski definition) is 2. The third kappa shape index (κ3) is 3.59. The van der Waals surface area contributed by atoms with Gasteiger partial charge in [-0.05, 0) is 30.3 Å². The van der Waals surface area contributed by atoms with Crippen molar-refractivity contribution in [1.29, 1.82) is 5.26 Å². The summed E-state index contributed by atoms with van der Waals surface area (Å²) in [5.41, 5.74) is 2.19. The first-order valence-corrected chi connectivity index (χ1v) is 7.28. The van der Waals surface area contributed by atoms with Gasteiger partial charge in [-0.2, -0.15) is 5.26 Å². The maximum absolute atomic E-state index is 8.96. The molecule has 6 heteroatoms. The first-order chi connectivity index (χ1) is 11.8.